The first kappa shape index (κ1) is 26.2. The lowest BCUT2D eigenvalue weighted by Gasteiger charge is -2.20. The van der Waals surface area contributed by atoms with Crippen LogP contribution < -0.4 is 10.2 Å². The van der Waals surface area contributed by atoms with E-state index in [0.29, 0.717) is 44.8 Å². The molecule has 2 aromatic heterocycles. The van der Waals surface area contributed by atoms with Gasteiger partial charge in [0, 0.05) is 31.2 Å². The fraction of sp³-hybridized carbons (Fsp3) is 0.308. The molecule has 4 rings (SSSR count). The summed E-state index contributed by atoms with van der Waals surface area (Å²) in [4.78, 5) is 19.3. The third-order valence-corrected chi connectivity index (χ3v) is 6.06. The largest absolute Gasteiger partial charge is 0.469 e. The molecule has 0 aliphatic carbocycles. The fourth-order valence-electron chi connectivity index (χ4n) is 3.73. The minimum atomic E-state index is -0.783. The van der Waals surface area contributed by atoms with Gasteiger partial charge in [-0.05, 0) is 33.2 Å². The second-order valence-corrected chi connectivity index (χ2v) is 10.2. The standard InChI is InChI=1S/C26H24Cl3N3O4/c1-15-9-21(33)22-24(20(29)12-30-25(22)34-13-17-14-35-26(2,3)36-17)32(15)23-18(27)10-16(11-19(23)28)7-6-8-31(4)5/h9-12,14H,8,13H2,1-5H3. The number of ether oxygens (including phenoxy) is 3. The van der Waals surface area contributed by atoms with Crippen LogP contribution in [0.4, 0.5) is 0 Å². The van der Waals surface area contributed by atoms with Gasteiger partial charge in [-0.15, -0.1) is 0 Å². The zero-order valence-electron chi connectivity index (χ0n) is 20.4. The first-order valence-electron chi connectivity index (χ1n) is 11.0. The number of halogens is 3. The molecular weight excluding hydrogens is 525 g/mol. The van der Waals surface area contributed by atoms with E-state index in [1.54, 1.807) is 37.5 Å². The fourth-order valence-corrected chi connectivity index (χ4v) is 4.61. The van der Waals surface area contributed by atoms with Gasteiger partial charge in [0.1, 0.15) is 11.6 Å². The number of hydrogen-bond acceptors (Lipinski definition) is 6. The van der Waals surface area contributed by atoms with Crippen LogP contribution in [0.25, 0.3) is 16.6 Å². The van der Waals surface area contributed by atoms with E-state index in [0.717, 1.165) is 0 Å². The molecule has 0 fully saturated rings. The van der Waals surface area contributed by atoms with Crippen molar-refractivity contribution in [1.29, 1.82) is 0 Å². The summed E-state index contributed by atoms with van der Waals surface area (Å²) in [6.45, 7) is 5.94. The number of rotatable bonds is 5. The van der Waals surface area contributed by atoms with E-state index in [4.69, 9.17) is 49.0 Å². The van der Waals surface area contributed by atoms with Crippen molar-refractivity contribution in [2.75, 3.05) is 27.2 Å². The maximum atomic E-state index is 13.1. The number of fused-ring (bicyclic) bond motifs is 1. The second kappa shape index (κ2) is 10.2. The third-order valence-electron chi connectivity index (χ3n) is 5.21. The Morgan fingerprint density at radius 2 is 1.83 bits per heavy atom. The van der Waals surface area contributed by atoms with Crippen LogP contribution in [0.15, 0.2) is 41.2 Å². The van der Waals surface area contributed by atoms with Crippen molar-refractivity contribution >= 4 is 45.7 Å². The summed E-state index contributed by atoms with van der Waals surface area (Å²) in [5.41, 5.74) is 1.79. The lowest BCUT2D eigenvalue weighted by atomic mass is 10.1. The Balaban J connectivity index is 1.82. The van der Waals surface area contributed by atoms with Crippen molar-refractivity contribution in [2.45, 2.75) is 26.6 Å². The highest BCUT2D eigenvalue weighted by Gasteiger charge is 2.28. The average molecular weight is 549 g/mol. The summed E-state index contributed by atoms with van der Waals surface area (Å²) in [6, 6.07) is 4.92. The molecular formula is C26H24Cl3N3O4. The zero-order valence-corrected chi connectivity index (χ0v) is 22.7. The summed E-state index contributed by atoms with van der Waals surface area (Å²) >= 11 is 20.0. The zero-order chi connectivity index (χ0) is 26.2. The Morgan fingerprint density at radius 1 is 1.14 bits per heavy atom. The molecule has 0 saturated heterocycles. The minimum Gasteiger partial charge on any atom is -0.469 e. The van der Waals surface area contributed by atoms with Crippen LogP contribution in [0.2, 0.25) is 15.1 Å². The quantitative estimate of drug-likeness (QED) is 0.389. The maximum Gasteiger partial charge on any atom is 0.244 e. The van der Waals surface area contributed by atoms with Crippen LogP contribution in [0, 0.1) is 18.8 Å². The molecule has 188 valence electrons. The molecule has 1 aromatic carbocycles. The van der Waals surface area contributed by atoms with E-state index in [-0.39, 0.29) is 28.3 Å². The molecule has 0 radical (unpaired) electrons. The van der Waals surface area contributed by atoms with Crippen molar-refractivity contribution in [3.63, 3.8) is 0 Å². The molecule has 1 aliphatic rings. The van der Waals surface area contributed by atoms with Crippen LogP contribution >= 0.6 is 34.8 Å². The van der Waals surface area contributed by atoms with Crippen molar-refractivity contribution < 1.29 is 14.2 Å². The van der Waals surface area contributed by atoms with E-state index in [1.807, 2.05) is 19.0 Å². The highest BCUT2D eigenvalue weighted by molar-refractivity contribution is 6.38. The first-order valence-corrected chi connectivity index (χ1v) is 12.1. The third kappa shape index (κ3) is 5.42. The molecule has 3 heterocycles. The van der Waals surface area contributed by atoms with Crippen molar-refractivity contribution in [3.05, 3.63) is 73.0 Å². The highest BCUT2D eigenvalue weighted by atomic mass is 35.5. The van der Waals surface area contributed by atoms with Crippen molar-refractivity contribution in [3.8, 4) is 23.4 Å². The molecule has 1 aliphatic heterocycles. The minimum absolute atomic E-state index is 0.0162. The number of aromatic nitrogens is 2. The smallest absolute Gasteiger partial charge is 0.244 e. The van der Waals surface area contributed by atoms with E-state index < -0.39 is 5.79 Å². The van der Waals surface area contributed by atoms with Gasteiger partial charge in [0.25, 0.3) is 0 Å². The molecule has 0 atom stereocenters. The van der Waals surface area contributed by atoms with Crippen LogP contribution in [-0.2, 0) is 9.47 Å². The Hall–Kier alpha value is -2.89. The Bertz CT molecular complexity index is 1480. The molecule has 3 aromatic rings. The van der Waals surface area contributed by atoms with Crippen LogP contribution in [0.1, 0.15) is 25.1 Å². The summed E-state index contributed by atoms with van der Waals surface area (Å²) in [5, 5.41) is 1.13. The number of pyridine rings is 2. The van der Waals surface area contributed by atoms with Crippen LogP contribution in [0.3, 0.4) is 0 Å². The lowest BCUT2D eigenvalue weighted by Crippen LogP contribution is -2.21. The van der Waals surface area contributed by atoms with Gasteiger partial charge in [-0.1, -0.05) is 46.6 Å². The van der Waals surface area contributed by atoms with Gasteiger partial charge < -0.3 is 18.8 Å². The Labute approximate surface area is 224 Å². The van der Waals surface area contributed by atoms with Crippen molar-refractivity contribution in [1.82, 2.24) is 14.5 Å². The molecule has 0 N–H and O–H groups in total. The molecule has 10 heteroatoms. The SMILES string of the molecule is Cc1cc(=O)c2c(OCC3=COC(C)(C)O3)ncc(Cl)c2n1-c1c(Cl)cc(C#CCN(C)C)cc1Cl. The average Bonchev–Trinajstić information content (AvgIpc) is 3.13. The normalized spacial score (nSPS) is 14.2. The van der Waals surface area contributed by atoms with Crippen LogP contribution in [-0.4, -0.2) is 47.5 Å². The predicted octanol–water partition coefficient (Wildman–Crippen LogP) is 5.57. The molecule has 0 spiro atoms. The topological polar surface area (TPSA) is 65.8 Å². The Kier molecular flexibility index (Phi) is 7.44. The van der Waals surface area contributed by atoms with Gasteiger partial charge in [-0.3, -0.25) is 9.69 Å². The van der Waals surface area contributed by atoms with Gasteiger partial charge in [-0.25, -0.2) is 4.98 Å². The monoisotopic (exact) mass is 547 g/mol. The lowest BCUT2D eigenvalue weighted by molar-refractivity contribution is -0.119. The van der Waals surface area contributed by atoms with E-state index >= 15 is 0 Å². The molecule has 0 bridgehead atoms. The molecule has 0 amide bonds. The molecule has 36 heavy (non-hydrogen) atoms. The van der Waals surface area contributed by atoms with Gasteiger partial charge in [0.15, 0.2) is 17.8 Å². The summed E-state index contributed by atoms with van der Waals surface area (Å²) < 4.78 is 18.7. The first-order chi connectivity index (χ1) is 17.0. The summed E-state index contributed by atoms with van der Waals surface area (Å²) in [5.74, 6) is 5.91. The van der Waals surface area contributed by atoms with Crippen molar-refractivity contribution in [2.24, 2.45) is 0 Å². The van der Waals surface area contributed by atoms with Gasteiger partial charge in [-0.2, -0.15) is 0 Å². The molecule has 0 unspecified atom stereocenters. The van der Waals surface area contributed by atoms with E-state index in [2.05, 4.69) is 16.8 Å². The molecule has 7 nitrogen and oxygen atoms in total. The maximum absolute atomic E-state index is 13.1. The van der Waals surface area contributed by atoms with Gasteiger partial charge in [0.05, 0.1) is 39.0 Å². The number of nitrogens with zero attached hydrogens (tertiary/aromatic N) is 3. The van der Waals surface area contributed by atoms with Crippen LogP contribution in [0.5, 0.6) is 5.88 Å². The highest BCUT2D eigenvalue weighted by Crippen LogP contribution is 2.37. The van der Waals surface area contributed by atoms with Gasteiger partial charge in [0.2, 0.25) is 11.7 Å². The van der Waals surface area contributed by atoms with E-state index in [9.17, 15) is 4.79 Å². The Morgan fingerprint density at radius 3 is 2.44 bits per heavy atom. The second-order valence-electron chi connectivity index (χ2n) is 8.94. The summed E-state index contributed by atoms with van der Waals surface area (Å²) in [7, 11) is 3.87. The number of aryl methyl sites for hydroxylation is 1. The predicted molar refractivity (Wildman–Crippen MR) is 142 cm³/mol. The number of hydrogen-bond donors (Lipinski definition) is 0. The number of benzene rings is 1. The summed E-state index contributed by atoms with van der Waals surface area (Å²) in [6.07, 6.45) is 2.89. The van der Waals surface area contributed by atoms with E-state index in [1.165, 1.54) is 18.5 Å². The molecule has 0 saturated carbocycles. The van der Waals surface area contributed by atoms with Gasteiger partial charge >= 0.3 is 0 Å².